The molecule has 1 aromatic carbocycles. The van der Waals surface area contributed by atoms with Crippen molar-refractivity contribution in [2.45, 2.75) is 18.8 Å². The Morgan fingerprint density at radius 2 is 2.15 bits per heavy atom. The summed E-state index contributed by atoms with van der Waals surface area (Å²) < 4.78 is 5.08. The van der Waals surface area contributed by atoms with Crippen LogP contribution in [0.15, 0.2) is 41.9 Å². The summed E-state index contributed by atoms with van der Waals surface area (Å²) in [5, 5.41) is 5.09. The van der Waals surface area contributed by atoms with Crippen LogP contribution >= 0.6 is 11.3 Å². The average Bonchev–Trinajstić information content (AvgIpc) is 3.30. The zero-order valence-corrected chi connectivity index (χ0v) is 15.6. The molecule has 2 amide bonds. The average molecular weight is 373 g/mol. The van der Waals surface area contributed by atoms with Gasteiger partial charge in [-0.2, -0.15) is 0 Å². The lowest BCUT2D eigenvalue weighted by Crippen LogP contribution is -2.40. The molecule has 138 valence electrons. The second-order valence-electron chi connectivity index (χ2n) is 6.35. The Labute approximate surface area is 157 Å². The van der Waals surface area contributed by atoms with Gasteiger partial charge in [0.2, 0.25) is 11.8 Å². The fraction of sp³-hybridized carbons (Fsp3) is 0.421. The Kier molecular flexibility index (Phi) is 6.35. The highest BCUT2D eigenvalue weighted by atomic mass is 32.1. The predicted octanol–water partition coefficient (Wildman–Crippen LogP) is 2.75. The van der Waals surface area contributed by atoms with E-state index >= 15 is 0 Å². The van der Waals surface area contributed by atoms with Gasteiger partial charge in [-0.15, -0.1) is 11.3 Å². The van der Waals surface area contributed by atoms with Gasteiger partial charge in [-0.05, 0) is 24.3 Å². The Hall–Kier alpha value is -2.25. The summed E-state index contributed by atoms with van der Waals surface area (Å²) >= 11 is 1.36. The number of nitrogens with zero attached hydrogens (tertiary/aromatic N) is 2. The number of ether oxygens (including phenoxy) is 1. The first-order valence-corrected chi connectivity index (χ1v) is 9.59. The lowest BCUT2D eigenvalue weighted by Gasteiger charge is -2.22. The third-order valence-corrected chi connectivity index (χ3v) is 5.13. The van der Waals surface area contributed by atoms with Gasteiger partial charge in [-0.1, -0.05) is 30.3 Å². The SMILES string of the molecule is COCCCN(CC(=O)Nc1nccs1)C(=O)[C@H]1C[C@H]1c1ccccc1. The summed E-state index contributed by atoms with van der Waals surface area (Å²) in [5.74, 6) is 0.0510. The van der Waals surface area contributed by atoms with E-state index in [1.807, 2.05) is 18.2 Å². The largest absolute Gasteiger partial charge is 0.385 e. The standard InChI is InChI=1S/C19H23N3O3S/c1-25-10-5-9-22(13-17(23)21-19-20-8-11-26-19)18(24)16-12-15(16)14-6-3-2-4-7-14/h2-4,6-8,11,15-16H,5,9-10,12-13H2,1H3,(H,20,21,23)/t15-,16-/m0/s1. The van der Waals surface area contributed by atoms with E-state index < -0.39 is 0 Å². The second kappa shape index (κ2) is 8.91. The Bertz CT molecular complexity index is 721. The minimum absolute atomic E-state index is 0.0346. The van der Waals surface area contributed by atoms with Gasteiger partial charge in [0.25, 0.3) is 0 Å². The number of aromatic nitrogens is 1. The lowest BCUT2D eigenvalue weighted by atomic mass is 10.1. The number of carbonyl (C=O) groups excluding carboxylic acids is 2. The molecule has 1 saturated carbocycles. The minimum Gasteiger partial charge on any atom is -0.385 e. The van der Waals surface area contributed by atoms with Crippen LogP contribution in [0.1, 0.15) is 24.3 Å². The molecule has 1 heterocycles. The van der Waals surface area contributed by atoms with Gasteiger partial charge in [0, 0.05) is 37.8 Å². The number of rotatable bonds is 9. The van der Waals surface area contributed by atoms with Gasteiger partial charge in [0.05, 0.1) is 6.54 Å². The van der Waals surface area contributed by atoms with Gasteiger partial charge in [-0.25, -0.2) is 4.98 Å². The fourth-order valence-electron chi connectivity index (χ4n) is 3.06. The fourth-order valence-corrected chi connectivity index (χ4v) is 3.60. The van der Waals surface area contributed by atoms with Crippen LogP contribution in [-0.2, 0) is 14.3 Å². The molecule has 26 heavy (non-hydrogen) atoms. The molecule has 1 fully saturated rings. The number of benzene rings is 1. The highest BCUT2D eigenvalue weighted by Crippen LogP contribution is 2.48. The predicted molar refractivity (Wildman–Crippen MR) is 101 cm³/mol. The summed E-state index contributed by atoms with van der Waals surface area (Å²) in [7, 11) is 1.63. The molecule has 0 aliphatic heterocycles. The van der Waals surface area contributed by atoms with Crippen LogP contribution in [0.5, 0.6) is 0 Å². The first kappa shape index (κ1) is 18.5. The first-order valence-electron chi connectivity index (χ1n) is 8.71. The van der Waals surface area contributed by atoms with Crippen molar-refractivity contribution in [1.29, 1.82) is 0 Å². The lowest BCUT2D eigenvalue weighted by molar-refractivity contribution is -0.136. The molecule has 0 spiro atoms. The van der Waals surface area contributed by atoms with Crippen molar-refractivity contribution in [3.8, 4) is 0 Å². The number of nitrogens with one attached hydrogen (secondary N) is 1. The molecule has 7 heteroatoms. The first-order chi connectivity index (χ1) is 12.7. The Morgan fingerprint density at radius 1 is 1.35 bits per heavy atom. The van der Waals surface area contributed by atoms with Crippen LogP contribution in [0.4, 0.5) is 5.13 Å². The topological polar surface area (TPSA) is 71.5 Å². The molecule has 1 aliphatic rings. The molecular weight excluding hydrogens is 350 g/mol. The summed E-state index contributed by atoms with van der Waals surface area (Å²) in [6.07, 6.45) is 3.18. The van der Waals surface area contributed by atoms with Crippen LogP contribution in [0, 0.1) is 5.92 Å². The van der Waals surface area contributed by atoms with Gasteiger partial charge >= 0.3 is 0 Å². The minimum atomic E-state index is -0.220. The molecule has 0 radical (unpaired) electrons. The van der Waals surface area contributed by atoms with E-state index in [1.165, 1.54) is 16.9 Å². The highest BCUT2D eigenvalue weighted by molar-refractivity contribution is 7.13. The number of methoxy groups -OCH3 is 1. The third kappa shape index (κ3) is 4.89. The zero-order chi connectivity index (χ0) is 18.4. The van der Waals surface area contributed by atoms with Crippen LogP contribution < -0.4 is 5.32 Å². The summed E-state index contributed by atoms with van der Waals surface area (Å²) in [6, 6.07) is 10.1. The normalized spacial score (nSPS) is 18.3. The second-order valence-corrected chi connectivity index (χ2v) is 7.25. The zero-order valence-electron chi connectivity index (χ0n) is 14.8. The summed E-state index contributed by atoms with van der Waals surface area (Å²) in [6.45, 7) is 1.11. The smallest absolute Gasteiger partial charge is 0.245 e. The maximum atomic E-state index is 12.9. The van der Waals surface area contributed by atoms with Crippen molar-refractivity contribution in [1.82, 2.24) is 9.88 Å². The number of carbonyl (C=O) groups is 2. The van der Waals surface area contributed by atoms with Gasteiger partial charge < -0.3 is 15.0 Å². The van der Waals surface area contributed by atoms with Crippen molar-refractivity contribution in [2.75, 3.05) is 32.1 Å². The van der Waals surface area contributed by atoms with E-state index in [1.54, 1.807) is 23.6 Å². The van der Waals surface area contributed by atoms with E-state index in [0.717, 1.165) is 6.42 Å². The summed E-state index contributed by atoms with van der Waals surface area (Å²) in [5.41, 5.74) is 1.19. The van der Waals surface area contributed by atoms with Gasteiger partial charge in [0.1, 0.15) is 0 Å². The molecule has 6 nitrogen and oxygen atoms in total. The number of anilines is 1. The maximum Gasteiger partial charge on any atom is 0.245 e. The Morgan fingerprint density at radius 3 is 2.85 bits per heavy atom. The Balaban J connectivity index is 1.60. The van der Waals surface area contributed by atoms with Crippen molar-refractivity contribution in [2.24, 2.45) is 5.92 Å². The molecule has 1 N–H and O–H groups in total. The van der Waals surface area contributed by atoms with Gasteiger partial charge in [0.15, 0.2) is 5.13 Å². The molecule has 1 aromatic heterocycles. The van der Waals surface area contributed by atoms with Crippen LogP contribution in [-0.4, -0.2) is 48.5 Å². The van der Waals surface area contributed by atoms with Crippen LogP contribution in [0.2, 0.25) is 0 Å². The molecule has 3 rings (SSSR count). The van der Waals surface area contributed by atoms with Crippen molar-refractivity contribution in [3.63, 3.8) is 0 Å². The maximum absolute atomic E-state index is 12.9. The molecule has 2 atom stereocenters. The van der Waals surface area contributed by atoms with E-state index in [2.05, 4.69) is 22.4 Å². The number of amides is 2. The van der Waals surface area contributed by atoms with E-state index in [-0.39, 0.29) is 30.2 Å². The molecular formula is C19H23N3O3S. The van der Waals surface area contributed by atoms with E-state index in [4.69, 9.17) is 4.74 Å². The van der Waals surface area contributed by atoms with Crippen LogP contribution in [0.3, 0.4) is 0 Å². The van der Waals surface area contributed by atoms with E-state index in [9.17, 15) is 9.59 Å². The molecule has 0 bridgehead atoms. The van der Waals surface area contributed by atoms with E-state index in [0.29, 0.717) is 24.7 Å². The molecule has 0 unspecified atom stereocenters. The molecule has 1 aliphatic carbocycles. The van der Waals surface area contributed by atoms with Crippen molar-refractivity contribution < 1.29 is 14.3 Å². The molecule has 0 saturated heterocycles. The number of hydrogen-bond acceptors (Lipinski definition) is 5. The quantitative estimate of drug-likeness (QED) is 0.686. The number of hydrogen-bond donors (Lipinski definition) is 1. The third-order valence-electron chi connectivity index (χ3n) is 4.44. The van der Waals surface area contributed by atoms with Gasteiger partial charge in [-0.3, -0.25) is 9.59 Å². The molecule has 2 aromatic rings. The number of thiazole rings is 1. The summed E-state index contributed by atoms with van der Waals surface area (Å²) in [4.78, 5) is 30.9. The van der Waals surface area contributed by atoms with Crippen LogP contribution in [0.25, 0.3) is 0 Å². The highest BCUT2D eigenvalue weighted by Gasteiger charge is 2.45. The monoisotopic (exact) mass is 373 g/mol. The van der Waals surface area contributed by atoms with Crippen molar-refractivity contribution in [3.05, 3.63) is 47.5 Å². The van der Waals surface area contributed by atoms with Crippen molar-refractivity contribution >= 4 is 28.3 Å².